The molecule has 1 saturated heterocycles. The van der Waals surface area contributed by atoms with E-state index in [4.69, 9.17) is 4.52 Å². The lowest BCUT2D eigenvalue weighted by molar-refractivity contribution is 0.191. The minimum Gasteiger partial charge on any atom is -0.361 e. The van der Waals surface area contributed by atoms with E-state index in [-0.39, 0.29) is 0 Å². The summed E-state index contributed by atoms with van der Waals surface area (Å²) in [6.07, 6.45) is 0. The van der Waals surface area contributed by atoms with Gasteiger partial charge in [-0.15, -0.1) is 15.3 Å². The Morgan fingerprint density at radius 1 is 1.26 bits per heavy atom. The molecule has 0 bridgehead atoms. The van der Waals surface area contributed by atoms with Gasteiger partial charge in [0.25, 0.3) is 0 Å². The Morgan fingerprint density at radius 2 is 2.09 bits per heavy atom. The summed E-state index contributed by atoms with van der Waals surface area (Å²) < 4.78 is 6.90. The Labute approximate surface area is 133 Å². The van der Waals surface area contributed by atoms with Crippen LogP contribution in [-0.4, -0.2) is 56.0 Å². The molecule has 4 rings (SSSR count). The Kier molecular flexibility index (Phi) is 3.26. The van der Waals surface area contributed by atoms with Crippen LogP contribution in [0.1, 0.15) is 17.3 Å². The van der Waals surface area contributed by atoms with Gasteiger partial charge in [0.1, 0.15) is 11.6 Å². The fourth-order valence-electron chi connectivity index (χ4n) is 2.85. The molecular weight excluding hydrogens is 294 g/mol. The summed E-state index contributed by atoms with van der Waals surface area (Å²) in [4.78, 5) is 4.56. The number of hydrogen-bond donors (Lipinski definition) is 0. The van der Waals surface area contributed by atoms with Crippen molar-refractivity contribution in [3.8, 4) is 0 Å². The van der Waals surface area contributed by atoms with E-state index in [1.807, 2.05) is 32.0 Å². The van der Waals surface area contributed by atoms with E-state index in [0.29, 0.717) is 6.04 Å². The summed E-state index contributed by atoms with van der Waals surface area (Å²) in [5.74, 6) is 2.62. The summed E-state index contributed by atoms with van der Waals surface area (Å²) >= 11 is 0. The minimum atomic E-state index is 0.492. The SMILES string of the molecule is Cc1cc(CN(C)C2CN(c3ccc4nnc(C)n4n3)C2)no1. The topological polar surface area (TPSA) is 75.6 Å². The van der Waals surface area contributed by atoms with E-state index in [9.17, 15) is 0 Å². The fraction of sp³-hybridized carbons (Fsp3) is 0.467. The van der Waals surface area contributed by atoms with E-state index in [0.717, 1.165) is 48.4 Å². The van der Waals surface area contributed by atoms with Gasteiger partial charge >= 0.3 is 0 Å². The van der Waals surface area contributed by atoms with Crippen LogP contribution in [0, 0.1) is 13.8 Å². The van der Waals surface area contributed by atoms with E-state index in [1.54, 1.807) is 4.52 Å². The van der Waals surface area contributed by atoms with Crippen LogP contribution in [0.15, 0.2) is 22.7 Å². The van der Waals surface area contributed by atoms with Gasteiger partial charge in [-0.25, -0.2) is 0 Å². The molecule has 0 aliphatic carbocycles. The van der Waals surface area contributed by atoms with Crippen molar-refractivity contribution in [1.82, 2.24) is 29.9 Å². The summed E-state index contributed by atoms with van der Waals surface area (Å²) in [6.45, 7) is 6.52. The number of rotatable bonds is 4. The first kappa shape index (κ1) is 14.1. The third kappa shape index (κ3) is 2.55. The molecule has 1 fully saturated rings. The molecule has 0 saturated carbocycles. The van der Waals surface area contributed by atoms with Gasteiger partial charge in [0, 0.05) is 31.7 Å². The highest BCUT2D eigenvalue weighted by molar-refractivity contribution is 5.47. The van der Waals surface area contributed by atoms with Gasteiger partial charge in [-0.05, 0) is 33.0 Å². The first-order valence-corrected chi connectivity index (χ1v) is 7.66. The van der Waals surface area contributed by atoms with Crippen LogP contribution in [0.3, 0.4) is 0 Å². The predicted octanol–water partition coefficient (Wildman–Crippen LogP) is 1.05. The zero-order valence-electron chi connectivity index (χ0n) is 13.5. The number of hydrogen-bond acceptors (Lipinski definition) is 7. The molecule has 0 atom stereocenters. The Balaban J connectivity index is 1.40. The van der Waals surface area contributed by atoms with Crippen LogP contribution in [0.5, 0.6) is 0 Å². The molecule has 0 aromatic carbocycles. The molecule has 4 heterocycles. The lowest BCUT2D eigenvalue weighted by Crippen LogP contribution is -2.58. The fourth-order valence-corrected chi connectivity index (χ4v) is 2.85. The maximum Gasteiger partial charge on any atom is 0.178 e. The van der Waals surface area contributed by atoms with Gasteiger partial charge in [-0.3, -0.25) is 4.90 Å². The van der Waals surface area contributed by atoms with Crippen LogP contribution in [0.25, 0.3) is 5.65 Å². The summed E-state index contributed by atoms with van der Waals surface area (Å²) in [7, 11) is 2.12. The monoisotopic (exact) mass is 313 g/mol. The lowest BCUT2D eigenvalue weighted by atomic mass is 10.1. The number of nitrogens with zero attached hydrogens (tertiary/aromatic N) is 7. The molecule has 0 unspecified atom stereocenters. The van der Waals surface area contributed by atoms with Gasteiger partial charge in [0.05, 0.1) is 5.69 Å². The van der Waals surface area contributed by atoms with Gasteiger partial charge < -0.3 is 9.42 Å². The van der Waals surface area contributed by atoms with Crippen LogP contribution < -0.4 is 4.90 Å². The predicted molar refractivity (Wildman–Crippen MR) is 84.2 cm³/mol. The highest BCUT2D eigenvalue weighted by Crippen LogP contribution is 2.22. The molecule has 23 heavy (non-hydrogen) atoms. The number of anilines is 1. The molecule has 120 valence electrons. The molecule has 1 aliphatic heterocycles. The molecular formula is C15H19N7O. The second-order valence-electron chi connectivity index (χ2n) is 6.11. The minimum absolute atomic E-state index is 0.492. The van der Waals surface area contributed by atoms with Gasteiger partial charge in [-0.2, -0.15) is 4.52 Å². The molecule has 0 spiro atoms. The second-order valence-corrected chi connectivity index (χ2v) is 6.11. The van der Waals surface area contributed by atoms with Crippen LogP contribution >= 0.6 is 0 Å². The maximum atomic E-state index is 5.12. The molecule has 8 nitrogen and oxygen atoms in total. The van der Waals surface area contributed by atoms with E-state index in [1.165, 1.54) is 0 Å². The summed E-state index contributed by atoms with van der Waals surface area (Å²) in [5.41, 5.74) is 1.75. The standard InChI is InChI=1S/C15H19N7O/c1-10-6-12(19-23-10)7-20(3)13-8-21(9-13)15-5-4-14-17-16-11(2)22(14)18-15/h4-6,13H,7-9H2,1-3H3. The third-order valence-corrected chi connectivity index (χ3v) is 4.30. The van der Waals surface area contributed by atoms with Crippen molar-refractivity contribution in [1.29, 1.82) is 0 Å². The van der Waals surface area contributed by atoms with Gasteiger partial charge in [0.15, 0.2) is 11.5 Å². The highest BCUT2D eigenvalue weighted by atomic mass is 16.5. The first-order chi connectivity index (χ1) is 11.1. The summed E-state index contributed by atoms with van der Waals surface area (Å²) in [5, 5.41) is 16.8. The number of aromatic nitrogens is 5. The molecule has 0 radical (unpaired) electrons. The average molecular weight is 313 g/mol. The van der Waals surface area contributed by atoms with Gasteiger partial charge in [-0.1, -0.05) is 5.16 Å². The Hall–Kier alpha value is -2.48. The van der Waals surface area contributed by atoms with Crippen LogP contribution in [-0.2, 0) is 6.54 Å². The zero-order chi connectivity index (χ0) is 16.0. The molecule has 0 N–H and O–H groups in total. The van der Waals surface area contributed by atoms with Crippen molar-refractivity contribution < 1.29 is 4.52 Å². The van der Waals surface area contributed by atoms with E-state index < -0.39 is 0 Å². The van der Waals surface area contributed by atoms with Crippen molar-refractivity contribution in [2.45, 2.75) is 26.4 Å². The molecule has 3 aromatic heterocycles. The zero-order valence-corrected chi connectivity index (χ0v) is 13.5. The third-order valence-electron chi connectivity index (χ3n) is 4.30. The quantitative estimate of drug-likeness (QED) is 0.712. The molecule has 0 amide bonds. The van der Waals surface area contributed by atoms with Crippen LogP contribution in [0.2, 0.25) is 0 Å². The van der Waals surface area contributed by atoms with Gasteiger partial charge in [0.2, 0.25) is 0 Å². The summed E-state index contributed by atoms with van der Waals surface area (Å²) in [6, 6.07) is 6.43. The Bertz CT molecular complexity index is 833. The number of fused-ring (bicyclic) bond motifs is 1. The van der Waals surface area contributed by atoms with Crippen molar-refractivity contribution in [3.63, 3.8) is 0 Å². The molecule has 3 aromatic rings. The smallest absolute Gasteiger partial charge is 0.178 e. The average Bonchev–Trinajstić information content (AvgIpc) is 3.04. The van der Waals surface area contributed by atoms with E-state index >= 15 is 0 Å². The normalized spacial score (nSPS) is 15.6. The number of likely N-dealkylation sites (N-methyl/N-ethyl adjacent to an activating group) is 1. The molecule has 8 heteroatoms. The van der Waals surface area contributed by atoms with Crippen molar-refractivity contribution >= 4 is 11.5 Å². The van der Waals surface area contributed by atoms with Crippen molar-refractivity contribution in [3.05, 3.63) is 35.5 Å². The highest BCUT2D eigenvalue weighted by Gasteiger charge is 2.31. The van der Waals surface area contributed by atoms with Crippen molar-refractivity contribution in [2.75, 3.05) is 25.0 Å². The van der Waals surface area contributed by atoms with E-state index in [2.05, 4.69) is 37.3 Å². The number of aryl methyl sites for hydroxylation is 2. The first-order valence-electron chi connectivity index (χ1n) is 7.66. The Morgan fingerprint density at radius 3 is 2.83 bits per heavy atom. The maximum absolute atomic E-state index is 5.12. The second kappa shape index (κ2) is 5.31. The largest absolute Gasteiger partial charge is 0.361 e. The van der Waals surface area contributed by atoms with Crippen LogP contribution in [0.4, 0.5) is 5.82 Å². The lowest BCUT2D eigenvalue weighted by Gasteiger charge is -2.44. The van der Waals surface area contributed by atoms with Crippen molar-refractivity contribution in [2.24, 2.45) is 0 Å². The molecule has 1 aliphatic rings.